The lowest BCUT2D eigenvalue weighted by molar-refractivity contribution is 0.681. The summed E-state index contributed by atoms with van der Waals surface area (Å²) in [4.78, 5) is 0.817. The molecule has 0 spiro atoms. The molecule has 1 saturated carbocycles. The second kappa shape index (κ2) is 4.83. The van der Waals surface area contributed by atoms with Gasteiger partial charge in [0.15, 0.2) is 0 Å². The molecular formula is C13H17NOS. The van der Waals surface area contributed by atoms with Crippen molar-refractivity contribution in [3.8, 4) is 0 Å². The Bertz CT molecular complexity index is 488. The second-order valence-corrected chi connectivity index (χ2v) is 6.26. The van der Waals surface area contributed by atoms with Crippen molar-refractivity contribution in [1.82, 2.24) is 0 Å². The van der Waals surface area contributed by atoms with Crippen LogP contribution in [0, 0.1) is 0 Å². The van der Waals surface area contributed by atoms with Gasteiger partial charge in [-0.3, -0.25) is 0 Å². The van der Waals surface area contributed by atoms with Crippen molar-refractivity contribution in [2.24, 2.45) is 4.36 Å². The average molecular weight is 235 g/mol. The highest BCUT2D eigenvalue weighted by Gasteiger charge is 2.13. The molecule has 3 heteroatoms. The smallest absolute Gasteiger partial charge is 0.0966 e. The topological polar surface area (TPSA) is 29.4 Å². The lowest BCUT2D eigenvalue weighted by Crippen LogP contribution is -1.97. The summed E-state index contributed by atoms with van der Waals surface area (Å²) < 4.78 is 16.8. The fourth-order valence-corrected chi connectivity index (χ4v) is 3.70. The first kappa shape index (κ1) is 11.4. The van der Waals surface area contributed by atoms with Crippen LogP contribution in [0.5, 0.6) is 0 Å². The second-order valence-electron chi connectivity index (χ2n) is 4.05. The summed E-state index contributed by atoms with van der Waals surface area (Å²) in [6.45, 7) is 0. The van der Waals surface area contributed by atoms with Gasteiger partial charge in [-0.15, -0.1) is 0 Å². The first-order valence-electron chi connectivity index (χ1n) is 5.64. The van der Waals surface area contributed by atoms with Gasteiger partial charge < -0.3 is 0 Å². The maximum Gasteiger partial charge on any atom is 0.0966 e. The van der Waals surface area contributed by atoms with E-state index in [-0.39, 0.29) is 0 Å². The zero-order valence-electron chi connectivity index (χ0n) is 9.56. The predicted molar refractivity (Wildman–Crippen MR) is 67.8 cm³/mol. The Morgan fingerprint density at radius 2 is 1.81 bits per heavy atom. The quantitative estimate of drug-likeness (QED) is 0.770. The van der Waals surface area contributed by atoms with Crippen LogP contribution in [0.15, 0.2) is 50.6 Å². The maximum absolute atomic E-state index is 12.7. The van der Waals surface area contributed by atoms with Crippen molar-refractivity contribution in [2.45, 2.75) is 30.6 Å². The van der Waals surface area contributed by atoms with Crippen LogP contribution in [0.3, 0.4) is 0 Å². The summed E-state index contributed by atoms with van der Waals surface area (Å²) in [5.74, 6) is 0. The van der Waals surface area contributed by atoms with E-state index in [0.29, 0.717) is 0 Å². The van der Waals surface area contributed by atoms with Crippen LogP contribution in [0.4, 0.5) is 0 Å². The van der Waals surface area contributed by atoms with E-state index in [4.69, 9.17) is 0 Å². The van der Waals surface area contributed by atoms with Crippen LogP contribution >= 0.6 is 0 Å². The molecule has 0 amide bonds. The van der Waals surface area contributed by atoms with Gasteiger partial charge in [-0.2, -0.15) is 0 Å². The molecule has 0 N–H and O–H groups in total. The molecule has 1 aromatic carbocycles. The summed E-state index contributed by atoms with van der Waals surface area (Å²) in [5.41, 5.74) is 1.31. The Hall–Kier alpha value is -1.09. The predicted octanol–water partition coefficient (Wildman–Crippen LogP) is 3.60. The number of rotatable bonds is 2. The molecule has 0 bridgehead atoms. The molecule has 2 nitrogen and oxygen atoms in total. The van der Waals surface area contributed by atoms with Gasteiger partial charge in [-0.25, -0.2) is 8.57 Å². The standard InChI is InChI=1S/C13H17NOS/c1-14-16(15,11-12-7-5-6-8-12)13-9-3-2-4-10-13/h2-4,9-11H,5-8H2,1H3. The van der Waals surface area contributed by atoms with Crippen molar-refractivity contribution < 1.29 is 4.21 Å². The Morgan fingerprint density at radius 1 is 1.19 bits per heavy atom. The summed E-state index contributed by atoms with van der Waals surface area (Å²) in [6.07, 6.45) is 4.61. The van der Waals surface area contributed by atoms with E-state index in [2.05, 4.69) is 4.36 Å². The Labute approximate surface area is 97.6 Å². The highest BCUT2D eigenvalue weighted by molar-refractivity contribution is 7.96. The third-order valence-corrected chi connectivity index (χ3v) is 5.07. The van der Waals surface area contributed by atoms with Gasteiger partial charge in [0.1, 0.15) is 0 Å². The van der Waals surface area contributed by atoms with Crippen LogP contribution in [0.1, 0.15) is 25.7 Å². The Kier molecular flexibility index (Phi) is 3.44. The van der Waals surface area contributed by atoms with Crippen molar-refractivity contribution in [3.05, 3.63) is 41.3 Å². The van der Waals surface area contributed by atoms with Crippen molar-refractivity contribution in [2.75, 3.05) is 7.05 Å². The Balaban J connectivity index is 2.42. The van der Waals surface area contributed by atoms with Crippen LogP contribution in [-0.4, -0.2) is 11.3 Å². The highest BCUT2D eigenvalue weighted by Crippen LogP contribution is 2.27. The van der Waals surface area contributed by atoms with E-state index >= 15 is 0 Å². The maximum atomic E-state index is 12.7. The van der Waals surface area contributed by atoms with E-state index in [0.717, 1.165) is 17.7 Å². The van der Waals surface area contributed by atoms with Crippen LogP contribution in [0.2, 0.25) is 0 Å². The molecule has 1 aliphatic carbocycles. The lowest BCUT2D eigenvalue weighted by Gasteiger charge is -2.05. The summed E-state index contributed by atoms with van der Waals surface area (Å²) in [5, 5.41) is 1.90. The number of allylic oxidation sites excluding steroid dienone is 1. The first-order valence-corrected chi connectivity index (χ1v) is 7.22. The van der Waals surface area contributed by atoms with E-state index < -0.39 is 9.73 Å². The zero-order valence-corrected chi connectivity index (χ0v) is 10.4. The molecule has 1 aliphatic rings. The fourth-order valence-electron chi connectivity index (χ4n) is 2.01. The first-order chi connectivity index (χ1) is 7.74. The van der Waals surface area contributed by atoms with Crippen LogP contribution in [0.25, 0.3) is 0 Å². The van der Waals surface area contributed by atoms with Gasteiger partial charge >= 0.3 is 0 Å². The molecule has 0 heterocycles. The molecule has 1 atom stereocenters. The molecule has 1 fully saturated rings. The van der Waals surface area contributed by atoms with Crippen molar-refractivity contribution >= 4 is 9.73 Å². The molecule has 16 heavy (non-hydrogen) atoms. The van der Waals surface area contributed by atoms with Crippen LogP contribution in [-0.2, 0) is 9.73 Å². The number of nitrogens with zero attached hydrogens (tertiary/aromatic N) is 1. The van der Waals surface area contributed by atoms with E-state index in [9.17, 15) is 4.21 Å². The fraction of sp³-hybridized carbons (Fsp3) is 0.385. The summed E-state index contributed by atoms with van der Waals surface area (Å²) in [7, 11) is -0.686. The minimum absolute atomic E-state index is 0.817. The molecule has 86 valence electrons. The number of hydrogen-bond donors (Lipinski definition) is 0. The number of hydrogen-bond acceptors (Lipinski definition) is 2. The monoisotopic (exact) mass is 235 g/mol. The molecule has 1 aromatic rings. The lowest BCUT2D eigenvalue weighted by atomic mass is 10.3. The summed E-state index contributed by atoms with van der Waals surface area (Å²) in [6, 6.07) is 9.53. The third-order valence-electron chi connectivity index (χ3n) is 2.92. The van der Waals surface area contributed by atoms with Gasteiger partial charge in [-0.05, 0) is 37.8 Å². The van der Waals surface area contributed by atoms with E-state index in [1.165, 1.54) is 18.4 Å². The molecule has 0 radical (unpaired) electrons. The van der Waals surface area contributed by atoms with E-state index in [1.54, 1.807) is 7.05 Å². The SMILES string of the molecule is CN=S(=O)(C=C1CCCC1)c1ccccc1. The van der Waals surface area contributed by atoms with E-state index in [1.807, 2.05) is 35.7 Å². The molecule has 0 saturated heterocycles. The Morgan fingerprint density at radius 3 is 2.38 bits per heavy atom. The minimum atomic E-state index is -2.33. The van der Waals surface area contributed by atoms with Crippen molar-refractivity contribution in [3.63, 3.8) is 0 Å². The van der Waals surface area contributed by atoms with Gasteiger partial charge in [0, 0.05) is 12.5 Å². The minimum Gasteiger partial charge on any atom is -0.240 e. The van der Waals surface area contributed by atoms with Crippen LogP contribution < -0.4 is 0 Å². The molecular weight excluding hydrogens is 218 g/mol. The van der Waals surface area contributed by atoms with Crippen molar-refractivity contribution in [1.29, 1.82) is 0 Å². The highest BCUT2D eigenvalue weighted by atomic mass is 32.2. The normalized spacial score (nSPS) is 19.2. The molecule has 0 aromatic heterocycles. The number of benzene rings is 1. The van der Waals surface area contributed by atoms with Gasteiger partial charge in [0.2, 0.25) is 0 Å². The van der Waals surface area contributed by atoms with Gasteiger partial charge in [0.05, 0.1) is 14.6 Å². The molecule has 1 unspecified atom stereocenters. The molecule has 0 aliphatic heterocycles. The van der Waals surface area contributed by atoms with Gasteiger partial charge in [0.25, 0.3) is 0 Å². The third kappa shape index (κ3) is 2.35. The summed E-state index contributed by atoms with van der Waals surface area (Å²) >= 11 is 0. The zero-order chi connectivity index (χ0) is 11.4. The van der Waals surface area contributed by atoms with Gasteiger partial charge in [-0.1, -0.05) is 23.8 Å². The largest absolute Gasteiger partial charge is 0.240 e. The molecule has 2 rings (SSSR count). The average Bonchev–Trinajstić information content (AvgIpc) is 2.83.